The average molecular weight is 300 g/mol. The molecule has 0 amide bonds. The Morgan fingerprint density at radius 1 is 1.47 bits per heavy atom. The lowest BCUT2D eigenvalue weighted by atomic mass is 10.2. The highest BCUT2D eigenvalue weighted by Gasteiger charge is 2.59. The van der Waals surface area contributed by atoms with E-state index in [9.17, 15) is 26.4 Å². The molecule has 2 aliphatic carbocycles. The predicted octanol–water partition coefficient (Wildman–Crippen LogP) is 1.57. The summed E-state index contributed by atoms with van der Waals surface area (Å²) in [6.07, 6.45) is 1.26. The molecule has 0 heterocycles. The quantitative estimate of drug-likeness (QED) is 0.448. The molecule has 0 spiro atoms. The van der Waals surface area contributed by atoms with E-state index in [4.69, 9.17) is 4.74 Å². The number of halogens is 3. The fourth-order valence-corrected chi connectivity index (χ4v) is 2.73. The molecule has 0 aromatic carbocycles. The number of alkyl halides is 3. The Kier molecular flexibility index (Phi) is 3.28. The van der Waals surface area contributed by atoms with Gasteiger partial charge in [0.25, 0.3) is 0 Å². The summed E-state index contributed by atoms with van der Waals surface area (Å²) in [5, 5.41) is 0. The zero-order valence-corrected chi connectivity index (χ0v) is 10.6. The van der Waals surface area contributed by atoms with Crippen LogP contribution < -0.4 is 0 Å². The molecule has 108 valence electrons. The van der Waals surface area contributed by atoms with E-state index >= 15 is 0 Å². The first-order valence-electron chi connectivity index (χ1n) is 5.55. The van der Waals surface area contributed by atoms with Gasteiger partial charge in [0.1, 0.15) is 5.76 Å². The maximum atomic E-state index is 12.1. The van der Waals surface area contributed by atoms with Crippen LogP contribution in [0.15, 0.2) is 11.8 Å². The molecule has 0 N–H and O–H groups in total. The molecule has 1 fully saturated rings. The van der Waals surface area contributed by atoms with Crippen molar-refractivity contribution in [3.05, 3.63) is 11.8 Å². The molecular weight excluding hydrogens is 289 g/mol. The van der Waals surface area contributed by atoms with Gasteiger partial charge in [-0.05, 0) is 24.8 Å². The number of ether oxygens (including phenoxy) is 1. The van der Waals surface area contributed by atoms with Crippen LogP contribution in [0.4, 0.5) is 13.2 Å². The number of carbonyl (C=O) groups excluding carboxylic acids is 1. The van der Waals surface area contributed by atoms with Gasteiger partial charge in [0.15, 0.2) is 0 Å². The fourth-order valence-electron chi connectivity index (χ4n) is 2.23. The van der Waals surface area contributed by atoms with Crippen LogP contribution in [-0.4, -0.2) is 26.5 Å². The first-order chi connectivity index (χ1) is 8.67. The lowest BCUT2D eigenvalue weighted by Crippen LogP contribution is -2.25. The summed E-state index contributed by atoms with van der Waals surface area (Å²) in [5.41, 5.74) is -5.44. The van der Waals surface area contributed by atoms with E-state index in [-0.39, 0.29) is 36.5 Å². The molecule has 0 aliphatic heterocycles. The Balaban J connectivity index is 1.97. The highest BCUT2D eigenvalue weighted by molar-refractivity contribution is 7.87. The topological polar surface area (TPSA) is 69.7 Å². The van der Waals surface area contributed by atoms with Crippen LogP contribution in [0.3, 0.4) is 0 Å². The zero-order chi connectivity index (χ0) is 14.4. The molecule has 0 unspecified atom stereocenters. The largest absolute Gasteiger partial charge is 0.534 e. The molecule has 3 atom stereocenters. The van der Waals surface area contributed by atoms with Gasteiger partial charge in [-0.3, -0.25) is 4.79 Å². The Morgan fingerprint density at radius 3 is 2.53 bits per heavy atom. The smallest absolute Gasteiger partial charge is 0.466 e. The van der Waals surface area contributed by atoms with Crippen LogP contribution >= 0.6 is 0 Å². The van der Waals surface area contributed by atoms with E-state index in [1.165, 1.54) is 6.08 Å². The van der Waals surface area contributed by atoms with E-state index in [2.05, 4.69) is 4.18 Å². The van der Waals surface area contributed by atoms with Crippen molar-refractivity contribution in [1.82, 2.24) is 0 Å². The van der Waals surface area contributed by atoms with Gasteiger partial charge in [0.05, 0.1) is 12.5 Å². The van der Waals surface area contributed by atoms with Crippen molar-refractivity contribution in [2.24, 2.45) is 17.8 Å². The molecule has 19 heavy (non-hydrogen) atoms. The standard InChI is InChI=1S/C10H11F3O5S/c1-2-17-9(14)8-6-3-5(4-7(6)8)18-19(15,16)10(11,12)13/h3,6-8H,2,4H2,1H3/t6-,7+,8-/m0/s1. The van der Waals surface area contributed by atoms with Crippen LogP contribution in [0.5, 0.6) is 0 Å². The van der Waals surface area contributed by atoms with E-state index < -0.39 is 21.6 Å². The summed E-state index contributed by atoms with van der Waals surface area (Å²) < 4.78 is 66.6. The van der Waals surface area contributed by atoms with E-state index in [1.807, 2.05) is 0 Å². The molecule has 0 aromatic rings. The minimum atomic E-state index is -5.62. The molecule has 2 rings (SSSR count). The lowest BCUT2D eigenvalue weighted by molar-refractivity contribution is -0.145. The van der Waals surface area contributed by atoms with E-state index in [1.54, 1.807) is 6.92 Å². The van der Waals surface area contributed by atoms with Gasteiger partial charge >= 0.3 is 21.6 Å². The third-order valence-electron chi connectivity index (χ3n) is 3.10. The van der Waals surface area contributed by atoms with Gasteiger partial charge in [0, 0.05) is 6.42 Å². The Labute approximate surface area is 107 Å². The van der Waals surface area contributed by atoms with Crippen molar-refractivity contribution in [2.75, 3.05) is 6.61 Å². The number of fused-ring (bicyclic) bond motifs is 1. The molecule has 0 bridgehead atoms. The summed E-state index contributed by atoms with van der Waals surface area (Å²) >= 11 is 0. The van der Waals surface area contributed by atoms with Gasteiger partial charge in [-0.15, -0.1) is 0 Å². The Bertz CT molecular complexity index is 522. The highest BCUT2D eigenvalue weighted by atomic mass is 32.2. The molecule has 1 saturated carbocycles. The lowest BCUT2D eigenvalue weighted by Gasteiger charge is -2.11. The third-order valence-corrected chi connectivity index (χ3v) is 4.10. The maximum absolute atomic E-state index is 12.1. The third kappa shape index (κ3) is 2.56. The number of rotatable bonds is 4. The van der Waals surface area contributed by atoms with Crippen molar-refractivity contribution in [1.29, 1.82) is 0 Å². The normalized spacial score (nSPS) is 29.5. The van der Waals surface area contributed by atoms with Crippen molar-refractivity contribution in [2.45, 2.75) is 18.9 Å². The monoisotopic (exact) mass is 300 g/mol. The van der Waals surface area contributed by atoms with Crippen molar-refractivity contribution >= 4 is 16.1 Å². The maximum Gasteiger partial charge on any atom is 0.534 e. The molecule has 2 aliphatic rings. The number of allylic oxidation sites excluding steroid dienone is 2. The Hall–Kier alpha value is -1.25. The molecule has 5 nitrogen and oxygen atoms in total. The van der Waals surface area contributed by atoms with Gasteiger partial charge < -0.3 is 8.92 Å². The van der Waals surface area contributed by atoms with Crippen LogP contribution in [0.25, 0.3) is 0 Å². The predicted molar refractivity (Wildman–Crippen MR) is 55.9 cm³/mol. The second-order valence-electron chi connectivity index (χ2n) is 4.34. The summed E-state index contributed by atoms with van der Waals surface area (Å²) in [6, 6.07) is 0. The number of carbonyl (C=O) groups is 1. The SMILES string of the molecule is CCOC(=O)[C@H]1[C@H]2C=C(OS(=O)(=O)C(F)(F)F)C[C@H]21. The van der Waals surface area contributed by atoms with Crippen molar-refractivity contribution < 1.29 is 35.3 Å². The molecule has 0 radical (unpaired) electrons. The Morgan fingerprint density at radius 2 is 2.11 bits per heavy atom. The first-order valence-corrected chi connectivity index (χ1v) is 6.96. The van der Waals surface area contributed by atoms with Gasteiger partial charge in [0.2, 0.25) is 0 Å². The minimum Gasteiger partial charge on any atom is -0.466 e. The van der Waals surface area contributed by atoms with Crippen LogP contribution in [0.2, 0.25) is 0 Å². The summed E-state index contributed by atoms with van der Waals surface area (Å²) in [7, 11) is -5.62. The first kappa shape index (κ1) is 14.2. The molecule has 0 aromatic heterocycles. The van der Waals surface area contributed by atoms with Crippen LogP contribution in [-0.2, 0) is 23.8 Å². The number of hydrogen-bond donors (Lipinski definition) is 0. The average Bonchev–Trinajstić information content (AvgIpc) is 2.75. The van der Waals surface area contributed by atoms with Crippen molar-refractivity contribution in [3.8, 4) is 0 Å². The highest BCUT2D eigenvalue weighted by Crippen LogP contribution is 2.57. The van der Waals surface area contributed by atoms with Gasteiger partial charge in [-0.2, -0.15) is 21.6 Å². The summed E-state index contributed by atoms with van der Waals surface area (Å²) in [5.74, 6) is -1.55. The number of esters is 1. The fraction of sp³-hybridized carbons (Fsp3) is 0.700. The molecule has 0 saturated heterocycles. The zero-order valence-electron chi connectivity index (χ0n) is 9.81. The molecule has 9 heteroatoms. The number of hydrogen-bond acceptors (Lipinski definition) is 5. The van der Waals surface area contributed by atoms with Crippen LogP contribution in [0.1, 0.15) is 13.3 Å². The van der Waals surface area contributed by atoms with Crippen molar-refractivity contribution in [3.63, 3.8) is 0 Å². The van der Waals surface area contributed by atoms with E-state index in [0.29, 0.717) is 0 Å². The van der Waals surface area contributed by atoms with Gasteiger partial charge in [-0.1, -0.05) is 0 Å². The second-order valence-corrected chi connectivity index (χ2v) is 5.88. The summed E-state index contributed by atoms with van der Waals surface area (Å²) in [4.78, 5) is 11.4. The minimum absolute atomic E-state index is 0.00343. The van der Waals surface area contributed by atoms with E-state index in [0.717, 1.165) is 0 Å². The van der Waals surface area contributed by atoms with Crippen LogP contribution in [0, 0.1) is 17.8 Å². The van der Waals surface area contributed by atoms with Gasteiger partial charge in [-0.25, -0.2) is 0 Å². The molecular formula is C10H11F3O5S. The second kappa shape index (κ2) is 4.39. The summed E-state index contributed by atoms with van der Waals surface area (Å²) in [6.45, 7) is 1.88.